The first-order chi connectivity index (χ1) is 9.58. The van der Waals surface area contributed by atoms with Gasteiger partial charge in [0.05, 0.1) is 11.8 Å². The summed E-state index contributed by atoms with van der Waals surface area (Å²) in [6.45, 7) is 1.91. The van der Waals surface area contributed by atoms with Gasteiger partial charge in [-0.3, -0.25) is 4.79 Å². The van der Waals surface area contributed by atoms with Gasteiger partial charge in [0.25, 0.3) is 5.91 Å². The fraction of sp³-hybridized carbons (Fsp3) is 0.0667. The molecule has 4 nitrogen and oxygen atoms in total. The summed E-state index contributed by atoms with van der Waals surface area (Å²) in [6.07, 6.45) is 1.40. The zero-order valence-corrected chi connectivity index (χ0v) is 12.4. The highest BCUT2D eigenvalue weighted by molar-refractivity contribution is 9.10. The average molecular weight is 333 g/mol. The molecule has 0 bridgehead atoms. The van der Waals surface area contributed by atoms with Crippen LogP contribution in [-0.4, -0.2) is 17.2 Å². The maximum Gasteiger partial charge on any atom is 0.272 e. The first-order valence-electron chi connectivity index (χ1n) is 5.95. The number of phenolic OH excluding ortho intramolecular Hbond substituents is 1. The van der Waals surface area contributed by atoms with E-state index in [1.54, 1.807) is 30.3 Å². The molecule has 5 heteroatoms. The molecule has 20 heavy (non-hydrogen) atoms. The van der Waals surface area contributed by atoms with Crippen LogP contribution in [0.2, 0.25) is 0 Å². The lowest BCUT2D eigenvalue weighted by molar-refractivity contribution is 0.0954. The quantitative estimate of drug-likeness (QED) is 0.669. The molecule has 0 heterocycles. The third-order valence-electron chi connectivity index (χ3n) is 2.67. The molecule has 0 aliphatic heterocycles. The van der Waals surface area contributed by atoms with Gasteiger partial charge >= 0.3 is 0 Å². The molecular weight excluding hydrogens is 320 g/mol. The Morgan fingerprint density at radius 1 is 1.30 bits per heavy atom. The smallest absolute Gasteiger partial charge is 0.272 e. The van der Waals surface area contributed by atoms with Crippen LogP contribution >= 0.6 is 15.9 Å². The summed E-state index contributed by atoms with van der Waals surface area (Å²) >= 11 is 3.33. The van der Waals surface area contributed by atoms with Gasteiger partial charge in [-0.25, -0.2) is 5.43 Å². The second kappa shape index (κ2) is 6.34. The summed E-state index contributed by atoms with van der Waals surface area (Å²) in [7, 11) is 0. The van der Waals surface area contributed by atoms with Crippen LogP contribution in [0.4, 0.5) is 0 Å². The molecule has 0 spiro atoms. The predicted molar refractivity (Wildman–Crippen MR) is 82.0 cm³/mol. The fourth-order valence-corrected chi connectivity index (χ4v) is 2.06. The molecule has 2 rings (SSSR count). The minimum Gasteiger partial charge on any atom is -0.507 e. The van der Waals surface area contributed by atoms with Crippen LogP contribution in [0.3, 0.4) is 0 Å². The molecule has 2 aromatic carbocycles. The second-order valence-electron chi connectivity index (χ2n) is 4.24. The second-order valence-corrected chi connectivity index (χ2v) is 5.10. The number of aromatic hydroxyl groups is 1. The van der Waals surface area contributed by atoms with Gasteiger partial charge in [0.2, 0.25) is 0 Å². The van der Waals surface area contributed by atoms with E-state index in [-0.39, 0.29) is 11.7 Å². The third-order valence-corrected chi connectivity index (χ3v) is 3.36. The van der Waals surface area contributed by atoms with E-state index in [2.05, 4.69) is 26.5 Å². The Bertz CT molecular complexity index is 669. The normalized spacial score (nSPS) is 10.7. The zero-order valence-electron chi connectivity index (χ0n) is 10.8. The fourth-order valence-electron chi connectivity index (χ4n) is 1.63. The Kier molecular flexibility index (Phi) is 4.53. The number of carbonyl (C=O) groups is 1. The van der Waals surface area contributed by atoms with Crippen LogP contribution in [0.1, 0.15) is 21.5 Å². The van der Waals surface area contributed by atoms with Gasteiger partial charge in [-0.05, 0) is 47.1 Å². The van der Waals surface area contributed by atoms with Crippen molar-refractivity contribution in [2.45, 2.75) is 6.92 Å². The van der Waals surface area contributed by atoms with Crippen molar-refractivity contribution in [1.29, 1.82) is 0 Å². The van der Waals surface area contributed by atoms with Crippen molar-refractivity contribution in [3.05, 3.63) is 63.6 Å². The molecule has 102 valence electrons. The lowest BCUT2D eigenvalue weighted by Gasteiger charge is -2.04. The zero-order chi connectivity index (χ0) is 14.5. The van der Waals surface area contributed by atoms with Gasteiger partial charge in [-0.2, -0.15) is 5.10 Å². The topological polar surface area (TPSA) is 61.7 Å². The molecule has 0 radical (unpaired) electrons. The number of halogens is 1. The lowest BCUT2D eigenvalue weighted by atomic mass is 10.1. The van der Waals surface area contributed by atoms with E-state index >= 15 is 0 Å². The van der Waals surface area contributed by atoms with E-state index in [1.165, 1.54) is 6.21 Å². The Balaban J connectivity index is 2.09. The van der Waals surface area contributed by atoms with E-state index in [4.69, 9.17) is 0 Å². The third kappa shape index (κ3) is 3.45. The number of phenols is 1. The predicted octanol–water partition coefficient (Wildman–Crippen LogP) is 3.23. The van der Waals surface area contributed by atoms with Gasteiger partial charge in [0, 0.05) is 10.0 Å². The SMILES string of the molecule is Cc1ccc(Br)c(C(=O)N/N=C/c2ccccc2O)c1. The molecule has 2 N–H and O–H groups in total. The summed E-state index contributed by atoms with van der Waals surface area (Å²) in [5, 5.41) is 13.4. The number of hydrogen-bond acceptors (Lipinski definition) is 3. The summed E-state index contributed by atoms with van der Waals surface area (Å²) in [5.74, 6) is -0.200. The van der Waals surface area contributed by atoms with Crippen molar-refractivity contribution in [1.82, 2.24) is 5.43 Å². The molecule has 0 unspecified atom stereocenters. The molecule has 0 saturated heterocycles. The van der Waals surface area contributed by atoms with E-state index in [0.29, 0.717) is 15.6 Å². The van der Waals surface area contributed by atoms with E-state index in [0.717, 1.165) is 5.56 Å². The Hall–Kier alpha value is -2.14. The molecule has 0 atom stereocenters. The highest BCUT2D eigenvalue weighted by Gasteiger charge is 2.09. The summed E-state index contributed by atoms with van der Waals surface area (Å²) in [6, 6.07) is 12.3. The van der Waals surface area contributed by atoms with E-state index in [9.17, 15) is 9.90 Å². The number of aryl methyl sites for hydroxylation is 1. The highest BCUT2D eigenvalue weighted by atomic mass is 79.9. The van der Waals surface area contributed by atoms with Crippen LogP contribution in [0.25, 0.3) is 0 Å². The molecule has 1 amide bonds. The van der Waals surface area contributed by atoms with Gasteiger partial charge < -0.3 is 5.11 Å². The van der Waals surface area contributed by atoms with Crippen LogP contribution in [0.5, 0.6) is 5.75 Å². The highest BCUT2D eigenvalue weighted by Crippen LogP contribution is 2.18. The summed E-state index contributed by atoms with van der Waals surface area (Å²) < 4.78 is 0.707. The molecule has 0 fully saturated rings. The number of rotatable bonds is 3. The van der Waals surface area contributed by atoms with Crippen LogP contribution in [0, 0.1) is 6.92 Å². The largest absolute Gasteiger partial charge is 0.507 e. The number of para-hydroxylation sites is 1. The molecule has 0 aliphatic carbocycles. The van der Waals surface area contributed by atoms with E-state index < -0.39 is 0 Å². The molecule has 0 aliphatic rings. The number of amides is 1. The van der Waals surface area contributed by atoms with Crippen molar-refractivity contribution in [2.24, 2.45) is 5.10 Å². The lowest BCUT2D eigenvalue weighted by Crippen LogP contribution is -2.18. The van der Waals surface area contributed by atoms with Gasteiger partial charge in [0.15, 0.2) is 0 Å². The van der Waals surface area contributed by atoms with E-state index in [1.807, 2.05) is 19.1 Å². The molecule has 0 saturated carbocycles. The maximum atomic E-state index is 12.0. The standard InChI is InChI=1S/C15H13BrN2O2/c1-10-6-7-13(16)12(8-10)15(20)18-17-9-11-4-2-3-5-14(11)19/h2-9,19H,1H3,(H,18,20)/b17-9+. The number of hydrazone groups is 1. The minimum atomic E-state index is -0.313. The van der Waals surface area contributed by atoms with Crippen molar-refractivity contribution in [2.75, 3.05) is 0 Å². The van der Waals surface area contributed by atoms with Gasteiger partial charge in [-0.1, -0.05) is 23.8 Å². The monoisotopic (exact) mass is 332 g/mol. The van der Waals surface area contributed by atoms with Crippen LogP contribution in [0.15, 0.2) is 52.0 Å². The molecule has 2 aromatic rings. The maximum absolute atomic E-state index is 12.0. The van der Waals surface area contributed by atoms with Crippen LogP contribution in [-0.2, 0) is 0 Å². The Morgan fingerprint density at radius 3 is 2.80 bits per heavy atom. The number of hydrogen-bond donors (Lipinski definition) is 2. The van der Waals surface area contributed by atoms with Crippen molar-refractivity contribution < 1.29 is 9.90 Å². The van der Waals surface area contributed by atoms with Crippen molar-refractivity contribution >= 4 is 28.1 Å². The summed E-state index contributed by atoms with van der Waals surface area (Å²) in [5.41, 5.74) is 4.47. The van der Waals surface area contributed by atoms with Crippen LogP contribution < -0.4 is 5.43 Å². The minimum absolute atomic E-state index is 0.113. The Morgan fingerprint density at radius 2 is 2.05 bits per heavy atom. The Labute approximate surface area is 125 Å². The number of benzene rings is 2. The van der Waals surface area contributed by atoms with Gasteiger partial charge in [0.1, 0.15) is 5.75 Å². The van der Waals surface area contributed by atoms with Crippen molar-refractivity contribution in [3.63, 3.8) is 0 Å². The number of nitrogens with zero attached hydrogens (tertiary/aromatic N) is 1. The first-order valence-corrected chi connectivity index (χ1v) is 6.75. The number of carbonyl (C=O) groups excluding carboxylic acids is 1. The molecular formula is C15H13BrN2O2. The van der Waals surface area contributed by atoms with Crippen molar-refractivity contribution in [3.8, 4) is 5.75 Å². The summed E-state index contributed by atoms with van der Waals surface area (Å²) in [4.78, 5) is 12.0. The first kappa shape index (κ1) is 14.3. The molecule has 0 aromatic heterocycles. The number of nitrogens with one attached hydrogen (secondary N) is 1. The average Bonchev–Trinajstić information content (AvgIpc) is 2.43. The van der Waals surface area contributed by atoms with Gasteiger partial charge in [-0.15, -0.1) is 0 Å².